The maximum absolute atomic E-state index is 12.7. The Hall–Kier alpha value is -2.18. The molecule has 0 heterocycles. The van der Waals surface area contributed by atoms with Gasteiger partial charge in [0.2, 0.25) is 15.9 Å². The highest BCUT2D eigenvalue weighted by Gasteiger charge is 2.36. The third-order valence-electron chi connectivity index (χ3n) is 4.82. The molecule has 0 aliphatic heterocycles. The molecule has 1 aliphatic carbocycles. The van der Waals surface area contributed by atoms with Crippen LogP contribution in [-0.4, -0.2) is 27.4 Å². The Morgan fingerprint density at radius 2 is 1.74 bits per heavy atom. The molecule has 3 rings (SSSR count). The Morgan fingerprint density at radius 1 is 1.07 bits per heavy atom. The third kappa shape index (κ3) is 5.17. The smallest absolute Gasteiger partial charge is 0.240 e. The second-order valence-corrected chi connectivity index (χ2v) is 8.68. The molecule has 0 saturated heterocycles. The van der Waals surface area contributed by atoms with Gasteiger partial charge in [0.25, 0.3) is 0 Å². The van der Waals surface area contributed by atoms with Crippen LogP contribution >= 0.6 is 0 Å². The van der Waals surface area contributed by atoms with E-state index in [-0.39, 0.29) is 16.7 Å². The lowest BCUT2D eigenvalue weighted by Gasteiger charge is -2.16. The van der Waals surface area contributed by atoms with Crippen LogP contribution in [0.5, 0.6) is 0 Å². The van der Waals surface area contributed by atoms with Gasteiger partial charge in [-0.15, -0.1) is 0 Å². The number of rotatable bonds is 9. The summed E-state index contributed by atoms with van der Waals surface area (Å²) in [6.07, 6.45) is 2.88. The lowest BCUT2D eigenvalue weighted by atomic mass is 9.93. The number of carbonyl (C=O) groups is 1. The normalized spacial score (nSPS) is 15.3. The van der Waals surface area contributed by atoms with Crippen LogP contribution in [0.25, 0.3) is 0 Å². The molecule has 1 aliphatic rings. The Labute approximate surface area is 161 Å². The minimum Gasteiger partial charge on any atom is -0.355 e. The predicted molar refractivity (Wildman–Crippen MR) is 106 cm³/mol. The summed E-state index contributed by atoms with van der Waals surface area (Å²) in [7, 11) is -3.43. The van der Waals surface area contributed by atoms with E-state index in [1.807, 2.05) is 30.3 Å². The van der Waals surface area contributed by atoms with E-state index >= 15 is 0 Å². The van der Waals surface area contributed by atoms with E-state index in [1.165, 1.54) is 0 Å². The van der Waals surface area contributed by atoms with Crippen LogP contribution in [0.1, 0.15) is 36.8 Å². The van der Waals surface area contributed by atoms with E-state index in [9.17, 15) is 13.2 Å². The quantitative estimate of drug-likeness (QED) is 0.696. The molecule has 1 amide bonds. The fraction of sp³-hybridized carbons (Fsp3) is 0.381. The third-order valence-corrected chi connectivity index (χ3v) is 6.38. The Morgan fingerprint density at radius 3 is 2.33 bits per heavy atom. The predicted octanol–water partition coefficient (Wildman–Crippen LogP) is 2.84. The molecule has 1 atom stereocenters. The van der Waals surface area contributed by atoms with Crippen molar-refractivity contribution in [3.05, 3.63) is 65.7 Å². The highest BCUT2D eigenvalue weighted by atomic mass is 32.2. The molecule has 0 radical (unpaired) electrons. The molecule has 2 aromatic carbocycles. The fourth-order valence-electron chi connectivity index (χ4n) is 3.28. The van der Waals surface area contributed by atoms with Crippen molar-refractivity contribution in [2.24, 2.45) is 5.92 Å². The molecule has 2 aromatic rings. The fourth-order valence-corrected chi connectivity index (χ4v) is 4.32. The summed E-state index contributed by atoms with van der Waals surface area (Å²) in [5, 5.41) is 3.05. The molecular formula is C21H26N2O3S. The van der Waals surface area contributed by atoms with Gasteiger partial charge in [0.1, 0.15) is 0 Å². The summed E-state index contributed by atoms with van der Waals surface area (Å²) in [5.74, 6) is 0.455. The van der Waals surface area contributed by atoms with Gasteiger partial charge in [0.05, 0.1) is 10.8 Å². The van der Waals surface area contributed by atoms with Gasteiger partial charge >= 0.3 is 0 Å². The van der Waals surface area contributed by atoms with Crippen LogP contribution in [0.3, 0.4) is 0 Å². The lowest BCUT2D eigenvalue weighted by molar-refractivity contribution is -0.123. The molecular weight excluding hydrogens is 360 g/mol. The summed E-state index contributed by atoms with van der Waals surface area (Å²) in [6.45, 7) is 2.65. The highest BCUT2D eigenvalue weighted by Crippen LogP contribution is 2.42. The van der Waals surface area contributed by atoms with Gasteiger partial charge in [-0.2, -0.15) is 0 Å². The molecule has 1 unspecified atom stereocenters. The van der Waals surface area contributed by atoms with Gasteiger partial charge in [0, 0.05) is 13.1 Å². The van der Waals surface area contributed by atoms with Crippen LogP contribution < -0.4 is 10.0 Å². The van der Waals surface area contributed by atoms with E-state index in [0.29, 0.717) is 25.4 Å². The summed E-state index contributed by atoms with van der Waals surface area (Å²) < 4.78 is 26.4. The molecule has 6 heteroatoms. The van der Waals surface area contributed by atoms with Crippen molar-refractivity contribution in [3.63, 3.8) is 0 Å². The van der Waals surface area contributed by atoms with Gasteiger partial charge in [-0.1, -0.05) is 49.4 Å². The average molecular weight is 387 g/mol. The Balaban J connectivity index is 1.55. The molecule has 1 saturated carbocycles. The van der Waals surface area contributed by atoms with E-state index in [1.54, 1.807) is 31.2 Å². The van der Waals surface area contributed by atoms with Gasteiger partial charge in [-0.05, 0) is 48.4 Å². The topological polar surface area (TPSA) is 75.3 Å². The van der Waals surface area contributed by atoms with Crippen LogP contribution in [0.4, 0.5) is 0 Å². The molecule has 0 aromatic heterocycles. The standard InChI is InChI=1S/C21H26N2O3S/c1-2-23-27(25,26)19-12-8-16(9-13-19)14-15-22-21(24)20(18-10-11-18)17-6-4-3-5-7-17/h3-9,12-13,18,20,23H,2,10-11,14-15H2,1H3,(H,22,24). The van der Waals surface area contributed by atoms with Crippen molar-refractivity contribution in [2.45, 2.75) is 37.0 Å². The van der Waals surface area contributed by atoms with Crippen molar-refractivity contribution >= 4 is 15.9 Å². The summed E-state index contributed by atoms with van der Waals surface area (Å²) >= 11 is 0. The minimum atomic E-state index is -3.43. The first-order valence-corrected chi connectivity index (χ1v) is 10.9. The lowest BCUT2D eigenvalue weighted by Crippen LogP contribution is -2.32. The average Bonchev–Trinajstić information content (AvgIpc) is 3.48. The van der Waals surface area contributed by atoms with Crippen molar-refractivity contribution in [1.82, 2.24) is 10.0 Å². The van der Waals surface area contributed by atoms with Crippen LogP contribution in [-0.2, 0) is 21.2 Å². The van der Waals surface area contributed by atoms with E-state index in [2.05, 4.69) is 10.0 Å². The van der Waals surface area contributed by atoms with Gasteiger partial charge in [-0.25, -0.2) is 13.1 Å². The zero-order valence-electron chi connectivity index (χ0n) is 15.5. The SMILES string of the molecule is CCNS(=O)(=O)c1ccc(CCNC(=O)C(c2ccccc2)C2CC2)cc1. The first-order valence-electron chi connectivity index (χ1n) is 9.42. The summed E-state index contributed by atoms with van der Waals surface area (Å²) in [5.41, 5.74) is 2.07. The summed E-state index contributed by atoms with van der Waals surface area (Å²) in [4.78, 5) is 12.9. The van der Waals surface area contributed by atoms with E-state index < -0.39 is 10.0 Å². The van der Waals surface area contributed by atoms with E-state index in [4.69, 9.17) is 0 Å². The number of carbonyl (C=O) groups excluding carboxylic acids is 1. The first-order chi connectivity index (χ1) is 13.0. The van der Waals surface area contributed by atoms with Crippen LogP contribution in [0.15, 0.2) is 59.5 Å². The second-order valence-electron chi connectivity index (χ2n) is 6.91. The zero-order chi connectivity index (χ0) is 19.3. The van der Waals surface area contributed by atoms with E-state index in [0.717, 1.165) is 24.0 Å². The molecule has 27 heavy (non-hydrogen) atoms. The first kappa shape index (κ1) is 19.6. The monoisotopic (exact) mass is 386 g/mol. The number of hydrogen-bond acceptors (Lipinski definition) is 3. The Kier molecular flexibility index (Phi) is 6.29. The number of hydrogen-bond donors (Lipinski definition) is 2. The molecule has 5 nitrogen and oxygen atoms in total. The van der Waals surface area contributed by atoms with Crippen molar-refractivity contribution in [1.29, 1.82) is 0 Å². The number of amides is 1. The van der Waals surface area contributed by atoms with Crippen molar-refractivity contribution in [2.75, 3.05) is 13.1 Å². The molecule has 1 fully saturated rings. The number of benzene rings is 2. The highest BCUT2D eigenvalue weighted by molar-refractivity contribution is 7.89. The Bertz CT molecular complexity index is 860. The number of nitrogens with one attached hydrogen (secondary N) is 2. The van der Waals surface area contributed by atoms with Gasteiger partial charge in [-0.3, -0.25) is 4.79 Å². The minimum absolute atomic E-state index is 0.0705. The van der Waals surface area contributed by atoms with Gasteiger partial charge in [0.15, 0.2) is 0 Å². The van der Waals surface area contributed by atoms with Crippen molar-refractivity contribution in [3.8, 4) is 0 Å². The van der Waals surface area contributed by atoms with Crippen LogP contribution in [0, 0.1) is 5.92 Å². The molecule has 144 valence electrons. The van der Waals surface area contributed by atoms with Gasteiger partial charge < -0.3 is 5.32 Å². The number of sulfonamides is 1. The second kappa shape index (κ2) is 8.67. The molecule has 2 N–H and O–H groups in total. The largest absolute Gasteiger partial charge is 0.355 e. The van der Waals surface area contributed by atoms with Crippen LogP contribution in [0.2, 0.25) is 0 Å². The molecule has 0 bridgehead atoms. The molecule has 0 spiro atoms. The maximum Gasteiger partial charge on any atom is 0.240 e. The van der Waals surface area contributed by atoms with Crippen molar-refractivity contribution < 1.29 is 13.2 Å². The maximum atomic E-state index is 12.7. The zero-order valence-corrected chi connectivity index (χ0v) is 16.3. The summed E-state index contributed by atoms with van der Waals surface area (Å²) in [6, 6.07) is 16.8.